The highest BCUT2D eigenvalue weighted by Crippen LogP contribution is 2.38. The Morgan fingerprint density at radius 1 is 0.946 bits per heavy atom. The summed E-state index contributed by atoms with van der Waals surface area (Å²) in [7, 11) is 0.341. The third kappa shape index (κ3) is 5.22. The molecule has 0 spiro atoms. The minimum Gasteiger partial charge on any atom is -0.494 e. The fourth-order valence-corrected chi connectivity index (χ4v) is 4.93. The maximum absolute atomic E-state index is 13.6. The van der Waals surface area contributed by atoms with Gasteiger partial charge in [0.2, 0.25) is 16.0 Å². The Morgan fingerprint density at radius 2 is 1.68 bits per heavy atom. The van der Waals surface area contributed by atoms with Crippen molar-refractivity contribution in [1.82, 2.24) is 29.7 Å². The number of benzene rings is 1. The molecule has 194 valence electrons. The summed E-state index contributed by atoms with van der Waals surface area (Å²) in [5.41, 5.74) is 2.10. The monoisotopic (exact) mass is 525 g/mol. The first kappa shape index (κ1) is 26.0. The molecule has 0 radical (unpaired) electrons. The minimum absolute atomic E-state index is 0.0710. The Bertz CT molecular complexity index is 1440. The second-order valence-electron chi connectivity index (χ2n) is 8.03. The Balaban J connectivity index is 1.83. The van der Waals surface area contributed by atoms with Gasteiger partial charge < -0.3 is 14.2 Å². The molecule has 37 heavy (non-hydrogen) atoms. The van der Waals surface area contributed by atoms with Gasteiger partial charge in [-0.3, -0.25) is 24.2 Å². The molecule has 0 aliphatic carbocycles. The zero-order valence-corrected chi connectivity index (χ0v) is 21.8. The molecule has 0 saturated carbocycles. The van der Waals surface area contributed by atoms with E-state index in [9.17, 15) is 8.42 Å². The number of methoxy groups -OCH3 is 3. The van der Waals surface area contributed by atoms with Crippen molar-refractivity contribution in [1.29, 1.82) is 0 Å². The first-order valence-corrected chi connectivity index (χ1v) is 12.8. The smallest absolute Gasteiger partial charge is 0.243 e. The summed E-state index contributed by atoms with van der Waals surface area (Å²) in [4.78, 5) is 12.7. The van der Waals surface area contributed by atoms with E-state index in [1.807, 2.05) is 0 Å². The molecule has 3 heterocycles. The highest BCUT2D eigenvalue weighted by molar-refractivity contribution is 7.93. The van der Waals surface area contributed by atoms with Crippen LogP contribution in [0, 0.1) is 6.92 Å². The summed E-state index contributed by atoms with van der Waals surface area (Å²) < 4.78 is 47.9. The van der Waals surface area contributed by atoms with Crippen LogP contribution in [0.3, 0.4) is 0 Å². The Morgan fingerprint density at radius 3 is 2.24 bits per heavy atom. The van der Waals surface area contributed by atoms with E-state index < -0.39 is 21.4 Å². The lowest BCUT2D eigenvalue weighted by atomic mass is 10.2. The summed E-state index contributed by atoms with van der Waals surface area (Å²) in [5, 5.41) is 7.37. The zero-order valence-electron chi connectivity index (χ0n) is 21.0. The number of anilines is 1. The van der Waals surface area contributed by atoms with E-state index in [2.05, 4.69) is 29.9 Å². The van der Waals surface area contributed by atoms with Crippen molar-refractivity contribution in [2.45, 2.75) is 25.2 Å². The summed E-state index contributed by atoms with van der Waals surface area (Å²) in [6.45, 7) is 3.31. The van der Waals surface area contributed by atoms with Gasteiger partial charge in [-0.2, -0.15) is 0 Å². The van der Waals surface area contributed by atoms with Gasteiger partial charge in [-0.15, -0.1) is 10.2 Å². The van der Waals surface area contributed by atoms with Crippen molar-refractivity contribution in [2.75, 3.05) is 26.1 Å². The average Bonchev–Trinajstić information content (AvgIpc) is 3.32. The number of ether oxygens (including phenoxy) is 3. The standard InChI is InChI=1S/C24H27N7O5S/c1-15-12-27-18(14-26-15)22(36-5)16(2)37(32,33)30-24-29-28-23(17-8-7-11-25-13-17)31(24)21-19(34-3)9-6-10-20(21)35-4/h6-14,16,22H,1-5H3,(H,29,30)/t16-,22+/m1/s1. The van der Waals surface area contributed by atoms with E-state index in [1.54, 1.807) is 55.8 Å². The van der Waals surface area contributed by atoms with Crippen LogP contribution >= 0.6 is 0 Å². The highest BCUT2D eigenvalue weighted by atomic mass is 32.2. The van der Waals surface area contributed by atoms with Crippen molar-refractivity contribution in [3.8, 4) is 28.6 Å². The molecule has 0 unspecified atom stereocenters. The molecule has 1 N–H and O–H groups in total. The number of aryl methyl sites for hydroxylation is 1. The normalized spacial score (nSPS) is 13.1. The van der Waals surface area contributed by atoms with Crippen molar-refractivity contribution < 1.29 is 22.6 Å². The quantitative estimate of drug-likeness (QED) is 0.328. The van der Waals surface area contributed by atoms with Gasteiger partial charge in [-0.25, -0.2) is 8.42 Å². The highest BCUT2D eigenvalue weighted by Gasteiger charge is 2.34. The molecule has 2 atom stereocenters. The van der Waals surface area contributed by atoms with E-state index in [-0.39, 0.29) is 5.95 Å². The predicted molar refractivity (Wildman–Crippen MR) is 136 cm³/mol. The minimum atomic E-state index is -4.08. The van der Waals surface area contributed by atoms with E-state index >= 15 is 0 Å². The lowest BCUT2D eigenvalue weighted by molar-refractivity contribution is 0.0985. The zero-order chi connectivity index (χ0) is 26.6. The molecule has 0 saturated heterocycles. The molecule has 0 aliphatic rings. The number of aromatic nitrogens is 6. The molecule has 4 rings (SSSR count). The van der Waals surface area contributed by atoms with Crippen molar-refractivity contribution in [3.63, 3.8) is 0 Å². The van der Waals surface area contributed by atoms with Crippen LogP contribution in [0.15, 0.2) is 55.1 Å². The molecule has 0 amide bonds. The average molecular weight is 526 g/mol. The van der Waals surface area contributed by atoms with Gasteiger partial charge in [-0.05, 0) is 38.1 Å². The van der Waals surface area contributed by atoms with Gasteiger partial charge in [-0.1, -0.05) is 6.07 Å². The summed E-state index contributed by atoms with van der Waals surface area (Å²) in [6, 6.07) is 8.73. The van der Waals surface area contributed by atoms with Gasteiger partial charge >= 0.3 is 0 Å². The lowest BCUT2D eigenvalue weighted by Crippen LogP contribution is -2.33. The van der Waals surface area contributed by atoms with E-state index in [4.69, 9.17) is 14.2 Å². The summed E-state index contributed by atoms with van der Waals surface area (Å²) in [6.07, 6.45) is 5.38. The SMILES string of the molecule is COc1cccc(OC)c1-n1c(NS(=O)(=O)[C@H](C)[C@H](OC)c2cnc(C)cn2)nnc1-c1cccnc1. The fraction of sp³-hybridized carbons (Fsp3) is 0.292. The van der Waals surface area contributed by atoms with Crippen LogP contribution < -0.4 is 14.2 Å². The molecule has 13 heteroatoms. The first-order chi connectivity index (χ1) is 17.8. The predicted octanol–water partition coefficient (Wildman–Crippen LogP) is 2.96. The van der Waals surface area contributed by atoms with E-state index in [0.29, 0.717) is 40.0 Å². The number of rotatable bonds is 10. The number of hydrogen-bond donors (Lipinski definition) is 1. The molecule has 0 fully saturated rings. The van der Waals surface area contributed by atoms with E-state index in [1.165, 1.54) is 39.0 Å². The second-order valence-corrected chi connectivity index (χ2v) is 10.1. The Labute approximate surface area is 214 Å². The molecule has 1 aromatic carbocycles. The number of nitrogens with zero attached hydrogens (tertiary/aromatic N) is 6. The number of nitrogens with one attached hydrogen (secondary N) is 1. The number of pyridine rings is 1. The van der Waals surface area contributed by atoms with Gasteiger partial charge in [0.1, 0.15) is 28.5 Å². The van der Waals surface area contributed by atoms with Crippen LogP contribution in [-0.2, 0) is 14.8 Å². The van der Waals surface area contributed by atoms with Gasteiger partial charge in [0.15, 0.2) is 5.82 Å². The van der Waals surface area contributed by atoms with E-state index in [0.717, 1.165) is 0 Å². The van der Waals surface area contributed by atoms with Gasteiger partial charge in [0.05, 0.1) is 31.8 Å². The molecule has 3 aromatic heterocycles. The summed E-state index contributed by atoms with van der Waals surface area (Å²) >= 11 is 0. The number of sulfonamides is 1. The number of para-hydroxylation sites is 1. The first-order valence-electron chi connectivity index (χ1n) is 11.2. The van der Waals surface area contributed by atoms with Gasteiger partial charge in [0, 0.05) is 31.3 Å². The van der Waals surface area contributed by atoms with Crippen molar-refractivity contribution >= 4 is 16.0 Å². The molecule has 0 aliphatic heterocycles. The maximum atomic E-state index is 13.6. The molecule has 0 bridgehead atoms. The number of hydrogen-bond acceptors (Lipinski definition) is 10. The van der Waals surface area contributed by atoms with Crippen LogP contribution in [0.25, 0.3) is 17.1 Å². The topological polar surface area (TPSA) is 143 Å². The molecular weight excluding hydrogens is 498 g/mol. The maximum Gasteiger partial charge on any atom is 0.243 e. The van der Waals surface area contributed by atoms with Crippen LogP contribution in [0.1, 0.15) is 24.4 Å². The van der Waals surface area contributed by atoms with Crippen molar-refractivity contribution in [3.05, 3.63) is 66.5 Å². The fourth-order valence-electron chi connectivity index (χ4n) is 3.78. The van der Waals surface area contributed by atoms with Gasteiger partial charge in [0.25, 0.3) is 0 Å². The van der Waals surface area contributed by atoms with Crippen LogP contribution in [0.5, 0.6) is 11.5 Å². The largest absolute Gasteiger partial charge is 0.494 e. The third-order valence-corrected chi connectivity index (χ3v) is 7.40. The van der Waals surface area contributed by atoms with Crippen LogP contribution in [-0.4, -0.2) is 64.7 Å². The lowest BCUT2D eigenvalue weighted by Gasteiger charge is -2.23. The van der Waals surface area contributed by atoms with Crippen molar-refractivity contribution in [2.24, 2.45) is 0 Å². The van der Waals surface area contributed by atoms with Crippen LogP contribution in [0.4, 0.5) is 5.95 Å². The Kier molecular flexibility index (Phi) is 7.64. The van der Waals surface area contributed by atoms with Crippen LogP contribution in [0.2, 0.25) is 0 Å². The summed E-state index contributed by atoms with van der Waals surface area (Å²) in [5.74, 6) is 1.09. The molecular formula is C24H27N7O5S. The molecule has 4 aromatic rings. The Hall–Kier alpha value is -4.10. The second kappa shape index (κ2) is 10.9. The molecule has 12 nitrogen and oxygen atoms in total. The third-order valence-electron chi connectivity index (χ3n) is 5.70.